The van der Waals surface area contributed by atoms with E-state index in [0.717, 1.165) is 66.3 Å². The van der Waals surface area contributed by atoms with Crippen LogP contribution in [0, 0.1) is 24.2 Å². The number of nitriles is 1. The molecule has 7 nitrogen and oxygen atoms in total. The zero-order valence-corrected chi connectivity index (χ0v) is 20.9. The van der Waals surface area contributed by atoms with Gasteiger partial charge in [0.1, 0.15) is 11.9 Å². The standard InChI is InChI=1S/C29H33N5O2/c1-3-22-14-21(8-10-31-22)27-18(2)24(16-30)29(32-28(27)20-6-7-20)33-11-12-34(25(17-33)19-4-5-19)26(35)15-23-9-13-36-23/h3,8,10,14,19-20,23,25H,1,4-7,9,11-13,15,17H2,2H3/t23?,25-/m0/s1. The predicted octanol–water partition coefficient (Wildman–Crippen LogP) is 4.45. The fourth-order valence-electron chi connectivity index (χ4n) is 5.76. The molecule has 2 aliphatic heterocycles. The lowest BCUT2D eigenvalue weighted by atomic mass is 9.93. The van der Waals surface area contributed by atoms with Gasteiger partial charge in [0.2, 0.25) is 5.91 Å². The number of aromatic nitrogens is 2. The van der Waals surface area contributed by atoms with Crippen LogP contribution in [-0.2, 0) is 9.53 Å². The Hall–Kier alpha value is -3.24. The molecule has 186 valence electrons. The van der Waals surface area contributed by atoms with Crippen molar-refractivity contribution in [3.8, 4) is 17.2 Å². The van der Waals surface area contributed by atoms with Crippen LogP contribution in [-0.4, -0.2) is 59.2 Å². The van der Waals surface area contributed by atoms with Crippen molar-refractivity contribution in [2.45, 2.75) is 63.5 Å². The van der Waals surface area contributed by atoms with E-state index in [0.29, 0.717) is 36.9 Å². The summed E-state index contributed by atoms with van der Waals surface area (Å²) in [6.07, 6.45) is 9.69. The van der Waals surface area contributed by atoms with Crippen LogP contribution in [0.4, 0.5) is 5.82 Å². The first-order valence-corrected chi connectivity index (χ1v) is 13.3. The number of carbonyl (C=O) groups is 1. The van der Waals surface area contributed by atoms with Crippen LogP contribution in [0.25, 0.3) is 17.2 Å². The number of hydrogen-bond acceptors (Lipinski definition) is 6. The summed E-state index contributed by atoms with van der Waals surface area (Å²) in [6.45, 7) is 8.79. The van der Waals surface area contributed by atoms with Gasteiger partial charge >= 0.3 is 0 Å². The van der Waals surface area contributed by atoms with Crippen molar-refractivity contribution >= 4 is 17.8 Å². The normalized spacial score (nSPS) is 23.7. The monoisotopic (exact) mass is 483 g/mol. The Bertz CT molecular complexity index is 1240. The molecule has 36 heavy (non-hydrogen) atoms. The molecule has 4 aliphatic rings. The Labute approximate surface area is 212 Å². The topological polar surface area (TPSA) is 82.4 Å². The predicted molar refractivity (Wildman–Crippen MR) is 138 cm³/mol. The molecule has 0 aromatic carbocycles. The van der Waals surface area contributed by atoms with Crippen molar-refractivity contribution < 1.29 is 9.53 Å². The van der Waals surface area contributed by atoms with Crippen LogP contribution < -0.4 is 4.90 Å². The van der Waals surface area contributed by atoms with Gasteiger partial charge in [-0.15, -0.1) is 0 Å². The summed E-state index contributed by atoms with van der Waals surface area (Å²) in [5.74, 6) is 1.97. The second-order valence-electron chi connectivity index (χ2n) is 10.7. The lowest BCUT2D eigenvalue weighted by Crippen LogP contribution is -2.57. The second kappa shape index (κ2) is 9.33. The number of rotatable bonds is 7. The molecule has 4 heterocycles. The van der Waals surface area contributed by atoms with Gasteiger partial charge in [0.05, 0.1) is 35.5 Å². The summed E-state index contributed by atoms with van der Waals surface area (Å²) in [4.78, 5) is 27.1. The third kappa shape index (κ3) is 4.28. The van der Waals surface area contributed by atoms with E-state index < -0.39 is 0 Å². The minimum Gasteiger partial charge on any atom is -0.377 e. The number of hydrogen-bond donors (Lipinski definition) is 0. The molecule has 2 atom stereocenters. The maximum absolute atomic E-state index is 13.1. The van der Waals surface area contributed by atoms with Crippen molar-refractivity contribution in [3.63, 3.8) is 0 Å². The third-order valence-electron chi connectivity index (χ3n) is 8.21. The summed E-state index contributed by atoms with van der Waals surface area (Å²) in [7, 11) is 0. The molecule has 4 fully saturated rings. The molecule has 2 aromatic rings. The Morgan fingerprint density at radius 2 is 2.08 bits per heavy atom. The third-order valence-corrected chi connectivity index (χ3v) is 8.21. The Kier molecular flexibility index (Phi) is 6.00. The van der Waals surface area contributed by atoms with E-state index in [1.807, 2.05) is 12.1 Å². The average molecular weight is 484 g/mol. The first-order chi connectivity index (χ1) is 17.6. The van der Waals surface area contributed by atoms with Crippen LogP contribution in [0.1, 0.15) is 67.0 Å². The minimum atomic E-state index is 0.0910. The molecule has 0 spiro atoms. The highest BCUT2D eigenvalue weighted by Crippen LogP contribution is 2.47. The first kappa shape index (κ1) is 23.2. The maximum Gasteiger partial charge on any atom is 0.225 e. The molecular formula is C29H33N5O2. The number of amides is 1. The lowest BCUT2D eigenvalue weighted by molar-refractivity contribution is -0.142. The van der Waals surface area contributed by atoms with Crippen molar-refractivity contribution in [1.82, 2.24) is 14.9 Å². The largest absolute Gasteiger partial charge is 0.377 e. The van der Waals surface area contributed by atoms with Gasteiger partial charge in [0.15, 0.2) is 0 Å². The van der Waals surface area contributed by atoms with Gasteiger partial charge in [-0.05, 0) is 74.3 Å². The molecule has 0 N–H and O–H groups in total. The van der Waals surface area contributed by atoms with Crippen molar-refractivity contribution in [2.75, 3.05) is 31.1 Å². The van der Waals surface area contributed by atoms with Gasteiger partial charge in [-0.2, -0.15) is 5.26 Å². The molecule has 1 unspecified atom stereocenters. The van der Waals surface area contributed by atoms with Crippen LogP contribution in [0.5, 0.6) is 0 Å². The minimum absolute atomic E-state index is 0.0910. The van der Waals surface area contributed by atoms with Crippen molar-refractivity contribution in [1.29, 1.82) is 5.26 Å². The number of anilines is 1. The second-order valence-corrected chi connectivity index (χ2v) is 10.7. The summed E-state index contributed by atoms with van der Waals surface area (Å²) in [6, 6.07) is 6.70. The van der Waals surface area contributed by atoms with Gasteiger partial charge in [-0.1, -0.05) is 6.58 Å². The van der Waals surface area contributed by atoms with Gasteiger partial charge in [0.25, 0.3) is 0 Å². The lowest BCUT2D eigenvalue weighted by Gasteiger charge is -2.43. The number of carbonyl (C=O) groups excluding carboxylic acids is 1. The molecule has 0 radical (unpaired) electrons. The van der Waals surface area contributed by atoms with Crippen LogP contribution >= 0.6 is 0 Å². The number of piperazine rings is 1. The van der Waals surface area contributed by atoms with E-state index in [-0.39, 0.29) is 18.1 Å². The van der Waals surface area contributed by atoms with Crippen LogP contribution in [0.3, 0.4) is 0 Å². The number of pyridine rings is 2. The molecular weight excluding hydrogens is 450 g/mol. The van der Waals surface area contributed by atoms with E-state index in [9.17, 15) is 10.1 Å². The van der Waals surface area contributed by atoms with E-state index in [4.69, 9.17) is 9.72 Å². The number of ether oxygens (including phenoxy) is 1. The van der Waals surface area contributed by atoms with Gasteiger partial charge in [0, 0.05) is 43.9 Å². The summed E-state index contributed by atoms with van der Waals surface area (Å²) < 4.78 is 5.53. The van der Waals surface area contributed by atoms with E-state index in [1.54, 1.807) is 12.3 Å². The zero-order chi connectivity index (χ0) is 24.8. The Morgan fingerprint density at radius 1 is 1.28 bits per heavy atom. The average Bonchev–Trinajstić information content (AvgIpc) is 3.78. The molecule has 6 rings (SSSR count). The quantitative estimate of drug-likeness (QED) is 0.579. The number of nitrogens with zero attached hydrogens (tertiary/aromatic N) is 5. The van der Waals surface area contributed by atoms with E-state index >= 15 is 0 Å². The molecule has 2 saturated heterocycles. The first-order valence-electron chi connectivity index (χ1n) is 13.3. The summed E-state index contributed by atoms with van der Waals surface area (Å²) in [5.41, 5.74) is 5.64. The van der Waals surface area contributed by atoms with Crippen molar-refractivity contribution in [3.05, 3.63) is 47.4 Å². The van der Waals surface area contributed by atoms with Gasteiger partial charge in [-0.25, -0.2) is 4.98 Å². The zero-order valence-electron chi connectivity index (χ0n) is 20.9. The SMILES string of the molecule is C=Cc1cc(-c2c(C3CC3)nc(N3CCN(C(=O)CC4CCO4)[C@H](C4CC4)C3)c(C#N)c2C)ccn1. The Morgan fingerprint density at radius 3 is 2.72 bits per heavy atom. The summed E-state index contributed by atoms with van der Waals surface area (Å²) >= 11 is 0. The fraction of sp³-hybridized carbons (Fsp3) is 0.517. The van der Waals surface area contributed by atoms with E-state index in [2.05, 4.69) is 34.4 Å². The molecule has 7 heteroatoms. The molecule has 0 bridgehead atoms. The molecule has 2 aromatic heterocycles. The fourth-order valence-corrected chi connectivity index (χ4v) is 5.76. The highest BCUT2D eigenvalue weighted by molar-refractivity contribution is 5.79. The van der Waals surface area contributed by atoms with Gasteiger partial charge in [-0.3, -0.25) is 9.78 Å². The molecule has 2 saturated carbocycles. The highest BCUT2D eigenvalue weighted by Gasteiger charge is 2.42. The van der Waals surface area contributed by atoms with Gasteiger partial charge < -0.3 is 14.5 Å². The molecule has 1 amide bonds. The smallest absolute Gasteiger partial charge is 0.225 e. The molecule has 2 aliphatic carbocycles. The van der Waals surface area contributed by atoms with Crippen molar-refractivity contribution in [2.24, 2.45) is 5.92 Å². The van der Waals surface area contributed by atoms with Crippen LogP contribution in [0.2, 0.25) is 0 Å². The Balaban J connectivity index is 1.34. The van der Waals surface area contributed by atoms with E-state index in [1.165, 1.54) is 12.8 Å². The van der Waals surface area contributed by atoms with Crippen LogP contribution in [0.15, 0.2) is 24.9 Å². The summed E-state index contributed by atoms with van der Waals surface area (Å²) in [5, 5.41) is 10.3. The highest BCUT2D eigenvalue weighted by atomic mass is 16.5. The maximum atomic E-state index is 13.1.